The summed E-state index contributed by atoms with van der Waals surface area (Å²) in [6.07, 6.45) is 8.30. The summed E-state index contributed by atoms with van der Waals surface area (Å²) in [7, 11) is 0. The number of carboxylic acids is 1. The number of hydrogen-bond acceptors (Lipinski definition) is 2. The van der Waals surface area contributed by atoms with Gasteiger partial charge in [-0.2, -0.15) is 0 Å². The lowest BCUT2D eigenvalue weighted by molar-refractivity contribution is -0.162. The van der Waals surface area contributed by atoms with E-state index in [1.165, 1.54) is 31.3 Å². The smallest absolute Gasteiger partial charge is 0.303 e. The molecule has 4 fully saturated rings. The van der Waals surface area contributed by atoms with E-state index in [0.717, 1.165) is 19.3 Å². The number of aliphatic hydroxyl groups is 1. The average molecular weight is 320 g/mol. The van der Waals surface area contributed by atoms with Gasteiger partial charge >= 0.3 is 5.97 Å². The predicted molar refractivity (Wildman–Crippen MR) is 91.0 cm³/mol. The van der Waals surface area contributed by atoms with Crippen molar-refractivity contribution in [2.45, 2.75) is 65.2 Å². The number of hydrogen-bond donors (Lipinski definition) is 2. The van der Waals surface area contributed by atoms with Gasteiger partial charge in [-0.05, 0) is 86.4 Å². The zero-order valence-electron chi connectivity index (χ0n) is 14.7. The Morgan fingerprint density at radius 2 is 2.00 bits per heavy atom. The molecule has 4 aliphatic carbocycles. The molecule has 0 heterocycles. The van der Waals surface area contributed by atoms with E-state index in [0.29, 0.717) is 35.7 Å². The maximum Gasteiger partial charge on any atom is 0.303 e. The van der Waals surface area contributed by atoms with E-state index in [1.54, 1.807) is 0 Å². The Balaban J connectivity index is 1.93. The largest absolute Gasteiger partial charge is 0.481 e. The number of carbonyl (C=O) groups is 1. The molecule has 4 aliphatic rings. The molecule has 0 saturated heterocycles. The van der Waals surface area contributed by atoms with Crippen LogP contribution in [-0.2, 0) is 4.79 Å². The van der Waals surface area contributed by atoms with Crippen molar-refractivity contribution < 1.29 is 15.0 Å². The molecule has 4 rings (SSSR count). The van der Waals surface area contributed by atoms with E-state index in [4.69, 9.17) is 0 Å². The van der Waals surface area contributed by atoms with Gasteiger partial charge in [0.2, 0.25) is 0 Å². The molecule has 0 aliphatic heterocycles. The first-order valence-corrected chi connectivity index (χ1v) is 9.30. The molecule has 130 valence electrons. The second kappa shape index (κ2) is 5.91. The summed E-state index contributed by atoms with van der Waals surface area (Å²) in [6.45, 7) is 9.04. The molecule has 0 radical (unpaired) electrons. The Bertz CT molecular complexity index is 499. The summed E-state index contributed by atoms with van der Waals surface area (Å²) in [4.78, 5) is 11.2. The van der Waals surface area contributed by atoms with Gasteiger partial charge in [0.15, 0.2) is 0 Å². The van der Waals surface area contributed by atoms with Crippen LogP contribution in [0.5, 0.6) is 0 Å². The Labute approximate surface area is 140 Å². The summed E-state index contributed by atoms with van der Waals surface area (Å²) in [5, 5.41) is 19.0. The minimum absolute atomic E-state index is 0.0571. The first kappa shape index (κ1) is 17.0. The minimum atomic E-state index is -0.680. The summed E-state index contributed by atoms with van der Waals surface area (Å²) in [6, 6.07) is 0. The van der Waals surface area contributed by atoms with Crippen molar-refractivity contribution in [2.24, 2.45) is 34.5 Å². The van der Waals surface area contributed by atoms with Crippen LogP contribution in [0.2, 0.25) is 0 Å². The number of carboxylic acid groups (broad SMARTS) is 1. The van der Waals surface area contributed by atoms with Crippen molar-refractivity contribution >= 4 is 5.97 Å². The Hall–Kier alpha value is -0.830. The van der Waals surface area contributed by atoms with E-state index in [1.807, 2.05) is 0 Å². The van der Waals surface area contributed by atoms with Crippen molar-refractivity contribution in [3.8, 4) is 0 Å². The third-order valence-corrected chi connectivity index (χ3v) is 7.86. The van der Waals surface area contributed by atoms with Crippen LogP contribution < -0.4 is 0 Å². The number of fused-ring (bicyclic) bond motifs is 2. The number of aliphatic hydroxyl groups excluding tert-OH is 1. The third-order valence-electron chi connectivity index (χ3n) is 7.86. The van der Waals surface area contributed by atoms with Gasteiger partial charge in [0, 0.05) is 13.0 Å². The molecular formula is C20H32O3. The highest BCUT2D eigenvalue weighted by Gasteiger charge is 2.60. The molecule has 0 aromatic carbocycles. The quantitative estimate of drug-likeness (QED) is 0.744. The van der Waals surface area contributed by atoms with Crippen molar-refractivity contribution in [1.29, 1.82) is 0 Å². The number of rotatable bonds is 5. The third kappa shape index (κ3) is 2.65. The topological polar surface area (TPSA) is 57.5 Å². The van der Waals surface area contributed by atoms with Gasteiger partial charge < -0.3 is 10.2 Å². The maximum atomic E-state index is 11.2. The van der Waals surface area contributed by atoms with E-state index < -0.39 is 5.97 Å². The molecule has 23 heavy (non-hydrogen) atoms. The molecule has 6 atom stereocenters. The van der Waals surface area contributed by atoms with Gasteiger partial charge in [-0.3, -0.25) is 4.79 Å². The highest BCUT2D eigenvalue weighted by molar-refractivity contribution is 5.66. The SMILES string of the molecule is C=C(C)[C@H]1CC[C@@]23CC[C@H](C[C@H]2[C@]1(C)CCC(=O)O)[C@@H](CO)C3. The zero-order valence-corrected chi connectivity index (χ0v) is 14.7. The van der Waals surface area contributed by atoms with Crippen molar-refractivity contribution in [3.63, 3.8) is 0 Å². The fraction of sp³-hybridized carbons (Fsp3) is 0.850. The van der Waals surface area contributed by atoms with Gasteiger partial charge in [-0.15, -0.1) is 0 Å². The van der Waals surface area contributed by atoms with E-state index in [-0.39, 0.29) is 11.8 Å². The summed E-state index contributed by atoms with van der Waals surface area (Å²) in [5.74, 6) is 1.49. The second-order valence-electron chi connectivity index (χ2n) is 8.93. The van der Waals surface area contributed by atoms with E-state index >= 15 is 0 Å². The van der Waals surface area contributed by atoms with Crippen LogP contribution in [0.4, 0.5) is 0 Å². The van der Waals surface area contributed by atoms with Gasteiger partial charge in [-0.25, -0.2) is 0 Å². The lowest BCUT2D eigenvalue weighted by Crippen LogP contribution is -2.58. The number of allylic oxidation sites excluding steroid dienone is 1. The summed E-state index contributed by atoms with van der Waals surface area (Å²) >= 11 is 0. The van der Waals surface area contributed by atoms with Crippen LogP contribution in [0.15, 0.2) is 12.2 Å². The molecule has 0 amide bonds. The molecule has 4 saturated carbocycles. The highest BCUT2D eigenvalue weighted by atomic mass is 16.4. The van der Waals surface area contributed by atoms with Crippen LogP contribution in [0.3, 0.4) is 0 Å². The minimum Gasteiger partial charge on any atom is -0.481 e. The van der Waals surface area contributed by atoms with Gasteiger partial charge in [0.25, 0.3) is 0 Å². The monoisotopic (exact) mass is 320 g/mol. The molecule has 1 spiro atoms. The van der Waals surface area contributed by atoms with Crippen molar-refractivity contribution in [2.75, 3.05) is 6.61 Å². The normalized spacial score (nSPS) is 45.5. The van der Waals surface area contributed by atoms with Gasteiger partial charge in [0.05, 0.1) is 0 Å². The predicted octanol–water partition coefficient (Wildman–Crippen LogP) is 4.26. The molecule has 2 N–H and O–H groups in total. The lowest BCUT2D eigenvalue weighted by Gasteiger charge is -2.65. The molecule has 0 unspecified atom stereocenters. The number of aliphatic carboxylic acids is 1. The molecule has 2 bridgehead atoms. The summed E-state index contributed by atoms with van der Waals surface area (Å²) < 4.78 is 0. The zero-order chi connectivity index (χ0) is 16.8. The average Bonchev–Trinajstić information content (AvgIpc) is 2.52. The van der Waals surface area contributed by atoms with Crippen LogP contribution in [-0.4, -0.2) is 22.8 Å². The van der Waals surface area contributed by atoms with Gasteiger partial charge in [0.1, 0.15) is 0 Å². The Morgan fingerprint density at radius 1 is 1.30 bits per heavy atom. The Morgan fingerprint density at radius 3 is 2.61 bits per heavy atom. The molecule has 0 aromatic heterocycles. The molecular weight excluding hydrogens is 288 g/mol. The van der Waals surface area contributed by atoms with Crippen molar-refractivity contribution in [3.05, 3.63) is 12.2 Å². The van der Waals surface area contributed by atoms with Crippen LogP contribution in [0.25, 0.3) is 0 Å². The first-order chi connectivity index (χ1) is 10.8. The van der Waals surface area contributed by atoms with E-state index in [9.17, 15) is 15.0 Å². The standard InChI is InChI=1S/C20H32O3/c1-13(2)16-5-9-20-8-4-14(15(11-20)12-21)10-17(20)19(16,3)7-6-18(22)23/h14-17,21H,1,4-12H2,2-3H3,(H,22,23)/t14-,15-,16-,17+,19-,20-/m1/s1. The Kier molecular flexibility index (Phi) is 4.37. The molecule has 3 heteroatoms. The fourth-order valence-electron chi connectivity index (χ4n) is 6.80. The fourth-order valence-corrected chi connectivity index (χ4v) is 6.80. The van der Waals surface area contributed by atoms with Gasteiger partial charge in [-0.1, -0.05) is 19.1 Å². The molecule has 0 aromatic rings. The first-order valence-electron chi connectivity index (χ1n) is 9.30. The van der Waals surface area contributed by atoms with Crippen LogP contribution >= 0.6 is 0 Å². The van der Waals surface area contributed by atoms with Crippen LogP contribution in [0, 0.1) is 34.5 Å². The summed E-state index contributed by atoms with van der Waals surface area (Å²) in [5.41, 5.74) is 1.64. The lowest BCUT2D eigenvalue weighted by atomic mass is 9.39. The van der Waals surface area contributed by atoms with Crippen molar-refractivity contribution in [1.82, 2.24) is 0 Å². The van der Waals surface area contributed by atoms with E-state index in [2.05, 4.69) is 20.4 Å². The molecule has 3 nitrogen and oxygen atoms in total. The second-order valence-corrected chi connectivity index (χ2v) is 8.93. The maximum absolute atomic E-state index is 11.2. The highest BCUT2D eigenvalue weighted by Crippen LogP contribution is 2.69. The van der Waals surface area contributed by atoms with Crippen LogP contribution in [0.1, 0.15) is 65.2 Å².